The van der Waals surface area contributed by atoms with Crippen molar-refractivity contribution in [2.24, 2.45) is 4.99 Å². The van der Waals surface area contributed by atoms with Crippen molar-refractivity contribution in [2.75, 3.05) is 26.9 Å². The van der Waals surface area contributed by atoms with Gasteiger partial charge in [-0.05, 0) is 76.1 Å². The molecular weight excluding hydrogens is 515 g/mol. The van der Waals surface area contributed by atoms with Gasteiger partial charge in [0.05, 0.1) is 19.4 Å². The molecule has 1 fully saturated rings. The lowest BCUT2D eigenvalue weighted by Crippen LogP contribution is -2.19. The number of hydrogen-bond donors (Lipinski definition) is 1. The lowest BCUT2D eigenvalue weighted by molar-refractivity contribution is -0.0921. The first kappa shape index (κ1) is 34.5. The predicted octanol–water partition coefficient (Wildman–Crippen LogP) is 8.42. The Morgan fingerprint density at radius 2 is 1.69 bits per heavy atom. The molecule has 0 amide bonds. The van der Waals surface area contributed by atoms with E-state index in [0.717, 1.165) is 39.3 Å². The summed E-state index contributed by atoms with van der Waals surface area (Å²) in [6.45, 7) is 10.3. The number of aryl methyl sites for hydroxylation is 1. The number of methoxy groups -OCH3 is 1. The molecule has 1 aromatic rings. The molecule has 1 aliphatic carbocycles. The van der Waals surface area contributed by atoms with Gasteiger partial charge in [-0.25, -0.2) is 8.78 Å². The molecule has 1 aromatic carbocycles. The van der Waals surface area contributed by atoms with Gasteiger partial charge in [-0.15, -0.1) is 0 Å². The second kappa shape index (κ2) is 17.2. The van der Waals surface area contributed by atoms with Gasteiger partial charge in [0.15, 0.2) is 5.83 Å². The van der Waals surface area contributed by atoms with E-state index in [2.05, 4.69) is 4.99 Å². The topological polar surface area (TPSA) is 45.1 Å². The van der Waals surface area contributed by atoms with Crippen LogP contribution in [0.4, 0.5) is 22.0 Å². The summed E-state index contributed by atoms with van der Waals surface area (Å²) in [5.74, 6) is -0.0594. The third-order valence-corrected chi connectivity index (χ3v) is 6.66. The molecule has 1 heterocycles. The molecule has 9 heteroatoms. The fourth-order valence-electron chi connectivity index (χ4n) is 3.98. The molecule has 220 valence electrons. The van der Waals surface area contributed by atoms with Crippen LogP contribution in [0.3, 0.4) is 0 Å². The van der Waals surface area contributed by atoms with Gasteiger partial charge in [-0.3, -0.25) is 9.89 Å². The third kappa shape index (κ3) is 12.0. The number of ether oxygens (including phenoxy) is 1. The Labute approximate surface area is 230 Å². The largest absolute Gasteiger partial charge is 0.498 e. The van der Waals surface area contributed by atoms with Crippen LogP contribution in [0.2, 0.25) is 0 Å². The van der Waals surface area contributed by atoms with Crippen LogP contribution in [-0.4, -0.2) is 48.8 Å². The van der Waals surface area contributed by atoms with Crippen LogP contribution in [0, 0.1) is 5.82 Å². The molecule has 0 saturated carbocycles. The normalized spacial score (nSPS) is 17.0. The van der Waals surface area contributed by atoms with Crippen LogP contribution in [-0.2, 0) is 11.2 Å². The van der Waals surface area contributed by atoms with E-state index in [4.69, 9.17) is 9.84 Å². The van der Waals surface area contributed by atoms with Gasteiger partial charge in [0.1, 0.15) is 11.6 Å². The van der Waals surface area contributed by atoms with E-state index >= 15 is 0 Å². The number of aliphatic imine (C=N–C) groups is 1. The van der Waals surface area contributed by atoms with Crippen molar-refractivity contribution in [3.63, 3.8) is 0 Å². The van der Waals surface area contributed by atoms with Gasteiger partial charge >= 0.3 is 6.18 Å². The van der Waals surface area contributed by atoms with Gasteiger partial charge < -0.3 is 9.84 Å². The average Bonchev–Trinajstić information content (AvgIpc) is 3.43. The quantitative estimate of drug-likeness (QED) is 0.270. The second-order valence-corrected chi connectivity index (χ2v) is 9.56. The van der Waals surface area contributed by atoms with Crippen molar-refractivity contribution in [2.45, 2.75) is 85.7 Å². The number of hydrogen-bond acceptors (Lipinski definition) is 4. The molecule has 4 nitrogen and oxygen atoms in total. The Morgan fingerprint density at radius 3 is 2.13 bits per heavy atom. The van der Waals surface area contributed by atoms with E-state index in [1.54, 1.807) is 25.1 Å². The minimum atomic E-state index is -4.40. The minimum absolute atomic E-state index is 0.113. The van der Waals surface area contributed by atoms with Gasteiger partial charge in [-0.2, -0.15) is 13.2 Å². The predicted molar refractivity (Wildman–Crippen MR) is 148 cm³/mol. The number of aliphatic hydroxyl groups is 1. The van der Waals surface area contributed by atoms with Crippen LogP contribution in [0.15, 0.2) is 57.7 Å². The SMILES string of the molecule is CCC1=CC(F)=C(OC)CC1.CCCc1ccc(C(C)=N/C(C)=C(\C)C(F)(F)F)cc1F.OCN1CCCC1. The molecule has 0 aromatic heterocycles. The zero-order valence-electron chi connectivity index (χ0n) is 24.0. The molecule has 39 heavy (non-hydrogen) atoms. The van der Waals surface area contributed by atoms with Crippen LogP contribution < -0.4 is 0 Å². The summed E-state index contributed by atoms with van der Waals surface area (Å²) in [5.41, 5.74) is 1.76. The molecule has 1 aliphatic heterocycles. The van der Waals surface area contributed by atoms with E-state index in [9.17, 15) is 22.0 Å². The number of likely N-dealkylation sites (tertiary alicyclic amines) is 1. The number of nitrogens with zero attached hydrogens (tertiary/aromatic N) is 2. The van der Waals surface area contributed by atoms with Crippen LogP contribution in [0.1, 0.15) is 84.3 Å². The molecular formula is C30H43F5N2O2. The second-order valence-electron chi connectivity index (χ2n) is 9.56. The molecule has 1 saturated heterocycles. The number of aliphatic hydroxyl groups excluding tert-OH is 1. The third-order valence-electron chi connectivity index (χ3n) is 6.66. The molecule has 0 spiro atoms. The van der Waals surface area contributed by atoms with Crippen molar-refractivity contribution in [3.05, 3.63) is 69.6 Å². The van der Waals surface area contributed by atoms with Gasteiger partial charge in [0, 0.05) is 30.9 Å². The van der Waals surface area contributed by atoms with Crippen LogP contribution in [0.25, 0.3) is 0 Å². The van der Waals surface area contributed by atoms with E-state index in [1.165, 1.54) is 38.5 Å². The fourth-order valence-corrected chi connectivity index (χ4v) is 3.98. The zero-order chi connectivity index (χ0) is 29.6. The molecule has 0 unspecified atom stereocenters. The lowest BCUT2D eigenvalue weighted by atomic mass is 10.0. The van der Waals surface area contributed by atoms with E-state index in [0.29, 0.717) is 35.4 Å². The number of allylic oxidation sites excluding steroid dienone is 6. The summed E-state index contributed by atoms with van der Waals surface area (Å²) < 4.78 is 69.4. The summed E-state index contributed by atoms with van der Waals surface area (Å²) in [6, 6.07) is 4.66. The summed E-state index contributed by atoms with van der Waals surface area (Å²) in [7, 11) is 1.51. The van der Waals surface area contributed by atoms with Crippen molar-refractivity contribution >= 4 is 5.71 Å². The van der Waals surface area contributed by atoms with E-state index in [1.807, 2.05) is 18.7 Å². The van der Waals surface area contributed by atoms with Crippen LogP contribution >= 0.6 is 0 Å². The highest BCUT2D eigenvalue weighted by Gasteiger charge is 2.31. The summed E-state index contributed by atoms with van der Waals surface area (Å²) >= 11 is 0. The molecule has 3 rings (SSSR count). The van der Waals surface area contributed by atoms with Gasteiger partial charge in [0.2, 0.25) is 0 Å². The molecule has 0 atom stereocenters. The monoisotopic (exact) mass is 558 g/mol. The maximum Gasteiger partial charge on any atom is 0.414 e. The van der Waals surface area contributed by atoms with Crippen molar-refractivity contribution in [1.29, 1.82) is 0 Å². The number of alkyl halides is 3. The van der Waals surface area contributed by atoms with E-state index < -0.39 is 11.7 Å². The minimum Gasteiger partial charge on any atom is -0.498 e. The van der Waals surface area contributed by atoms with Gasteiger partial charge in [0.25, 0.3) is 0 Å². The van der Waals surface area contributed by atoms with Crippen molar-refractivity contribution in [3.8, 4) is 0 Å². The lowest BCUT2D eigenvalue weighted by Gasteiger charge is -2.13. The average molecular weight is 559 g/mol. The smallest absolute Gasteiger partial charge is 0.414 e. The Kier molecular flexibility index (Phi) is 15.2. The van der Waals surface area contributed by atoms with Crippen molar-refractivity contribution < 1.29 is 31.8 Å². The maximum absolute atomic E-state index is 13.8. The summed E-state index contributed by atoms with van der Waals surface area (Å²) in [6.07, 6.45) is 3.76. The summed E-state index contributed by atoms with van der Waals surface area (Å²) in [5, 5.41) is 8.49. The highest BCUT2D eigenvalue weighted by Crippen LogP contribution is 2.28. The first-order chi connectivity index (χ1) is 18.4. The molecule has 0 bridgehead atoms. The summed E-state index contributed by atoms with van der Waals surface area (Å²) in [4.78, 5) is 5.98. The Bertz CT molecular complexity index is 1040. The highest BCUT2D eigenvalue weighted by atomic mass is 19.4. The van der Waals surface area contributed by atoms with Gasteiger partial charge in [-0.1, -0.05) is 38.0 Å². The zero-order valence-corrected chi connectivity index (χ0v) is 24.0. The van der Waals surface area contributed by atoms with Crippen LogP contribution in [0.5, 0.6) is 0 Å². The fraction of sp³-hybridized carbons (Fsp3) is 0.567. The standard InChI is InChI=1S/C16H19F4N.C9H13FO.C5H11NO/c1-5-6-13-7-8-14(9-15(13)17)12(4)21-11(3)10(2)16(18,19)20;1-3-7-4-5-9(11-2)8(10)6-7;7-5-6-3-1-2-4-6/h7-9H,5-6H2,1-4H3;6H,3-5H2,1-2H3;7H,1-5H2/b11-10+,21-12?;;. The first-order valence-electron chi connectivity index (χ1n) is 13.4. The highest BCUT2D eigenvalue weighted by molar-refractivity contribution is 5.99. The number of halogens is 5. The number of benzene rings is 1. The molecule has 0 radical (unpaired) electrons. The van der Waals surface area contributed by atoms with Crippen molar-refractivity contribution in [1.82, 2.24) is 4.90 Å². The number of rotatable bonds is 7. The Hall–Kier alpha value is -2.52. The first-order valence-corrected chi connectivity index (χ1v) is 13.4. The maximum atomic E-state index is 13.8. The molecule has 1 N–H and O–H groups in total. The molecule has 2 aliphatic rings. The Balaban J connectivity index is 0.000000347. The Morgan fingerprint density at radius 1 is 1.05 bits per heavy atom. The van der Waals surface area contributed by atoms with E-state index in [-0.39, 0.29) is 24.1 Å².